The summed E-state index contributed by atoms with van der Waals surface area (Å²) in [6.07, 6.45) is -0.512. The fourth-order valence-electron chi connectivity index (χ4n) is 1.17. The van der Waals surface area contributed by atoms with E-state index in [0.717, 1.165) is 0 Å². The third kappa shape index (κ3) is 51.7. The molecular weight excluding hydrogens is 451 g/mol. The van der Waals surface area contributed by atoms with Crippen molar-refractivity contribution in [2.24, 2.45) is 0 Å². The van der Waals surface area contributed by atoms with Gasteiger partial charge in [-0.3, -0.25) is 13.7 Å². The summed E-state index contributed by atoms with van der Waals surface area (Å²) in [6, 6.07) is 0. The van der Waals surface area contributed by atoms with Crippen molar-refractivity contribution in [2.75, 3.05) is 20.0 Å². The summed E-state index contributed by atoms with van der Waals surface area (Å²) in [5.41, 5.74) is 0. The Balaban J connectivity index is -0.000000130. The van der Waals surface area contributed by atoms with Crippen molar-refractivity contribution in [1.82, 2.24) is 0 Å². The zero-order valence-corrected chi connectivity index (χ0v) is 21.5. The molecule has 0 saturated heterocycles. The standard InChI is InChI=1S/3C4H11O3P.Ga/c3*1-4(2)7-8(3,5)6;/h3*4H,1-3H3,(H,5,6);. The van der Waals surface area contributed by atoms with E-state index in [4.69, 9.17) is 14.7 Å². The largest absolute Gasteiger partial charge is 0.325 e. The van der Waals surface area contributed by atoms with Gasteiger partial charge in [-0.25, -0.2) is 0 Å². The van der Waals surface area contributed by atoms with Crippen molar-refractivity contribution in [3.8, 4) is 0 Å². The van der Waals surface area contributed by atoms with Crippen LogP contribution in [0.15, 0.2) is 0 Å². The van der Waals surface area contributed by atoms with E-state index >= 15 is 0 Å². The van der Waals surface area contributed by atoms with Crippen LogP contribution in [-0.4, -0.2) is 72.8 Å². The molecule has 0 fully saturated rings. The second-order valence-electron chi connectivity index (χ2n) is 5.87. The van der Waals surface area contributed by atoms with Crippen molar-refractivity contribution in [3.63, 3.8) is 0 Å². The molecule has 0 aliphatic rings. The van der Waals surface area contributed by atoms with Gasteiger partial charge in [0.2, 0.25) is 0 Å². The summed E-state index contributed by atoms with van der Waals surface area (Å²) in [5, 5.41) is 0. The molecule has 3 unspecified atom stereocenters. The van der Waals surface area contributed by atoms with Gasteiger partial charge in [0.05, 0.1) is 18.3 Å². The van der Waals surface area contributed by atoms with Crippen LogP contribution in [0.4, 0.5) is 0 Å². The van der Waals surface area contributed by atoms with Crippen LogP contribution in [0.2, 0.25) is 0 Å². The third-order valence-corrected chi connectivity index (χ3v) is 3.66. The van der Waals surface area contributed by atoms with E-state index in [0.29, 0.717) is 0 Å². The van der Waals surface area contributed by atoms with E-state index < -0.39 is 22.8 Å². The Morgan fingerprint density at radius 2 is 0.680 bits per heavy atom. The maximum atomic E-state index is 10.4. The summed E-state index contributed by atoms with van der Waals surface area (Å²) in [6.45, 7) is 13.8. The molecule has 0 heterocycles. The molecule has 25 heavy (non-hydrogen) atoms. The van der Waals surface area contributed by atoms with Gasteiger partial charge in [0.1, 0.15) is 0 Å². The van der Waals surface area contributed by atoms with Crippen molar-refractivity contribution in [2.45, 2.75) is 59.9 Å². The van der Waals surface area contributed by atoms with Crippen LogP contribution in [0.3, 0.4) is 0 Å². The summed E-state index contributed by atoms with van der Waals surface area (Å²) in [7, 11) is -9.67. The van der Waals surface area contributed by atoms with Gasteiger partial charge in [-0.15, -0.1) is 0 Å². The molecule has 0 saturated carbocycles. The van der Waals surface area contributed by atoms with E-state index in [1.165, 1.54) is 20.0 Å². The molecule has 153 valence electrons. The van der Waals surface area contributed by atoms with Crippen molar-refractivity contribution in [1.29, 1.82) is 0 Å². The maximum absolute atomic E-state index is 10.4. The molecule has 0 bridgehead atoms. The van der Waals surface area contributed by atoms with E-state index in [9.17, 15) is 13.7 Å². The van der Waals surface area contributed by atoms with Crippen LogP contribution in [0, 0.1) is 0 Å². The van der Waals surface area contributed by atoms with Gasteiger partial charge in [-0.2, -0.15) is 0 Å². The van der Waals surface area contributed by atoms with E-state index in [1.807, 2.05) is 0 Å². The summed E-state index contributed by atoms with van der Waals surface area (Å²) in [4.78, 5) is 25.6. The molecule has 0 aliphatic heterocycles. The molecular formula is C12H33GaO9P3. The molecule has 3 N–H and O–H groups in total. The molecule has 0 spiro atoms. The Hall–Kier alpha value is 1.09. The van der Waals surface area contributed by atoms with Crippen molar-refractivity contribution < 1.29 is 41.9 Å². The number of rotatable bonds is 6. The van der Waals surface area contributed by atoms with Crippen LogP contribution in [0.1, 0.15) is 41.5 Å². The maximum Gasteiger partial charge on any atom is 0.325 e. The molecule has 0 amide bonds. The molecule has 3 radical (unpaired) electrons. The normalized spacial score (nSPS) is 17.9. The summed E-state index contributed by atoms with van der Waals surface area (Å²) >= 11 is 0. The molecule has 9 nitrogen and oxygen atoms in total. The first-order valence-electron chi connectivity index (χ1n) is 7.21. The van der Waals surface area contributed by atoms with Gasteiger partial charge >= 0.3 is 22.8 Å². The van der Waals surface area contributed by atoms with Gasteiger partial charge in [-0.1, -0.05) is 0 Å². The van der Waals surface area contributed by atoms with E-state index in [2.05, 4.69) is 13.6 Å². The minimum Gasteiger partial charge on any atom is -0.324 e. The zero-order valence-electron chi connectivity index (χ0n) is 16.4. The first kappa shape index (κ1) is 33.7. The minimum atomic E-state index is -3.22. The van der Waals surface area contributed by atoms with E-state index in [1.54, 1.807) is 41.5 Å². The number of hydrogen-bond donors (Lipinski definition) is 3. The molecule has 13 heteroatoms. The smallest absolute Gasteiger partial charge is 0.324 e. The van der Waals surface area contributed by atoms with E-state index in [-0.39, 0.29) is 38.1 Å². The SMILES string of the molecule is CC(C)OP(C)(=O)O.CC(C)OP(C)(=O)O.CC(C)OP(C)(=O)O.[Ga]. The minimum absolute atomic E-state index is 0. The van der Waals surface area contributed by atoms with Crippen molar-refractivity contribution >= 4 is 42.6 Å². The Morgan fingerprint density at radius 1 is 0.560 bits per heavy atom. The van der Waals surface area contributed by atoms with Gasteiger partial charge in [0, 0.05) is 39.8 Å². The van der Waals surface area contributed by atoms with Gasteiger partial charge < -0.3 is 28.3 Å². The average molecular weight is 484 g/mol. The fourth-order valence-corrected chi connectivity index (χ4v) is 3.52. The number of hydrogen-bond acceptors (Lipinski definition) is 6. The van der Waals surface area contributed by atoms with Crippen LogP contribution in [0.5, 0.6) is 0 Å². The molecule has 0 aromatic heterocycles. The van der Waals surface area contributed by atoms with Crippen LogP contribution < -0.4 is 0 Å². The molecule has 0 rings (SSSR count). The molecule has 0 aliphatic carbocycles. The van der Waals surface area contributed by atoms with Gasteiger partial charge in [0.15, 0.2) is 0 Å². The predicted molar refractivity (Wildman–Crippen MR) is 102 cm³/mol. The Bertz CT molecular complexity index is 384. The van der Waals surface area contributed by atoms with Crippen LogP contribution >= 0.6 is 22.8 Å². The predicted octanol–water partition coefficient (Wildman–Crippen LogP) is 3.30. The summed E-state index contributed by atoms with van der Waals surface area (Å²) in [5.74, 6) is 0. The van der Waals surface area contributed by atoms with Crippen LogP contribution in [0.25, 0.3) is 0 Å². The molecule has 3 atom stereocenters. The topological polar surface area (TPSA) is 140 Å². The fraction of sp³-hybridized carbons (Fsp3) is 1.00. The quantitative estimate of drug-likeness (QED) is 0.383. The molecule has 0 aromatic carbocycles. The monoisotopic (exact) mass is 483 g/mol. The zero-order chi connectivity index (χ0) is 20.4. The first-order chi connectivity index (χ1) is 10.2. The van der Waals surface area contributed by atoms with Gasteiger partial charge in [-0.05, 0) is 41.5 Å². The molecule has 0 aromatic rings. The van der Waals surface area contributed by atoms with Crippen LogP contribution in [-0.2, 0) is 27.3 Å². The first-order valence-corrected chi connectivity index (χ1v) is 13.3. The third-order valence-electron chi connectivity index (χ3n) is 1.22. The Labute approximate surface area is 164 Å². The average Bonchev–Trinajstić information content (AvgIpc) is 2.04. The second kappa shape index (κ2) is 15.1. The van der Waals surface area contributed by atoms with Gasteiger partial charge in [0.25, 0.3) is 0 Å². The summed E-state index contributed by atoms with van der Waals surface area (Å²) < 4.78 is 44.7. The Morgan fingerprint density at radius 3 is 0.680 bits per heavy atom. The second-order valence-corrected chi connectivity index (χ2v) is 11.3. The van der Waals surface area contributed by atoms with Crippen molar-refractivity contribution in [3.05, 3.63) is 0 Å². The Kier molecular flexibility index (Phi) is 20.3.